The molecule has 42 heavy (non-hydrogen) atoms. The van der Waals surface area contributed by atoms with Gasteiger partial charge in [0.25, 0.3) is 5.56 Å². The monoisotopic (exact) mass is 614 g/mol. The number of benzene rings is 1. The lowest BCUT2D eigenvalue weighted by Gasteiger charge is -2.21. The van der Waals surface area contributed by atoms with Crippen LogP contribution in [0.1, 0.15) is 91.0 Å². The Labute approximate surface area is 250 Å². The number of hydrogen-bond donors (Lipinski definition) is 1. The quantitative estimate of drug-likeness (QED) is 0.108. The number of halogens is 3. The van der Waals surface area contributed by atoms with E-state index in [-0.39, 0.29) is 31.3 Å². The number of ether oxygens (including phenoxy) is 1. The Balaban J connectivity index is 2.01. The molecule has 0 unspecified atom stereocenters. The lowest BCUT2D eigenvalue weighted by atomic mass is 10.1. The lowest BCUT2D eigenvalue weighted by molar-refractivity contribution is -0.145. The Morgan fingerprint density at radius 2 is 1.74 bits per heavy atom. The first-order valence-electron chi connectivity index (χ1n) is 14.9. The van der Waals surface area contributed by atoms with Crippen molar-refractivity contribution in [3.05, 3.63) is 50.7 Å². The van der Waals surface area contributed by atoms with Crippen molar-refractivity contribution in [3.8, 4) is 0 Å². The fourth-order valence-corrected chi connectivity index (χ4v) is 5.47. The van der Waals surface area contributed by atoms with Gasteiger partial charge in [0.05, 0.1) is 6.61 Å². The van der Waals surface area contributed by atoms with Crippen molar-refractivity contribution in [2.75, 3.05) is 18.5 Å². The lowest BCUT2D eigenvalue weighted by Crippen LogP contribution is -2.43. The number of hydrogen-bond acceptors (Lipinski definition) is 7. The standard InChI is InChI=1S/C30H45F3N4O4S/c1-5-7-8-9-12-20-36-26(38)25(35-37(28(36)40)21-14-18-30(31,32)33)34-19-11-10-15-23-16-13-17-24(22-23)42-29(3,4)27(39)41-6-2/h13,16-17,22H,5-12,14-15,18-21H2,1-4H3,(H,34,35). The number of rotatable bonds is 19. The molecule has 0 saturated carbocycles. The smallest absolute Gasteiger partial charge is 0.389 e. The van der Waals surface area contributed by atoms with Crippen LogP contribution in [0.25, 0.3) is 0 Å². The van der Waals surface area contributed by atoms with Gasteiger partial charge in [-0.15, -0.1) is 16.9 Å². The Morgan fingerprint density at radius 1 is 1.00 bits per heavy atom. The van der Waals surface area contributed by atoms with Crippen LogP contribution in [0.15, 0.2) is 38.8 Å². The Kier molecular flexibility index (Phi) is 14.7. The molecule has 0 bridgehead atoms. The molecule has 2 aromatic rings. The van der Waals surface area contributed by atoms with Gasteiger partial charge in [-0.25, -0.2) is 9.48 Å². The molecule has 0 saturated heterocycles. The second-order valence-corrected chi connectivity index (χ2v) is 12.5. The summed E-state index contributed by atoms with van der Waals surface area (Å²) in [5, 5.41) is 7.10. The number of unbranched alkanes of at least 4 members (excludes halogenated alkanes) is 5. The van der Waals surface area contributed by atoms with Gasteiger partial charge in [0, 0.05) is 31.0 Å². The highest BCUT2D eigenvalue weighted by Gasteiger charge is 2.30. The molecule has 0 spiro atoms. The van der Waals surface area contributed by atoms with Crippen molar-refractivity contribution < 1.29 is 22.7 Å². The van der Waals surface area contributed by atoms with Crippen molar-refractivity contribution in [2.45, 2.75) is 121 Å². The number of aromatic nitrogens is 3. The van der Waals surface area contributed by atoms with E-state index in [0.29, 0.717) is 26.0 Å². The minimum atomic E-state index is -4.33. The number of carbonyl (C=O) groups is 1. The zero-order chi connectivity index (χ0) is 31.2. The molecular weight excluding hydrogens is 569 g/mol. The van der Waals surface area contributed by atoms with Crippen LogP contribution in [0.2, 0.25) is 0 Å². The Bertz CT molecular complexity index is 1240. The van der Waals surface area contributed by atoms with E-state index in [1.54, 1.807) is 6.92 Å². The third-order valence-electron chi connectivity index (χ3n) is 6.66. The number of aryl methyl sites for hydroxylation is 2. The highest BCUT2D eigenvalue weighted by atomic mass is 32.2. The molecule has 1 N–H and O–H groups in total. The molecule has 0 fully saturated rings. The van der Waals surface area contributed by atoms with Gasteiger partial charge in [0.15, 0.2) is 0 Å². The summed E-state index contributed by atoms with van der Waals surface area (Å²) in [7, 11) is 0. The van der Waals surface area contributed by atoms with Gasteiger partial charge in [-0.2, -0.15) is 13.2 Å². The fraction of sp³-hybridized carbons (Fsp3) is 0.667. The zero-order valence-electron chi connectivity index (χ0n) is 25.2. The zero-order valence-corrected chi connectivity index (χ0v) is 26.0. The molecule has 8 nitrogen and oxygen atoms in total. The number of nitrogens with zero attached hydrogens (tertiary/aromatic N) is 3. The van der Waals surface area contributed by atoms with Gasteiger partial charge >= 0.3 is 17.8 Å². The Morgan fingerprint density at radius 3 is 2.43 bits per heavy atom. The van der Waals surface area contributed by atoms with Gasteiger partial charge < -0.3 is 10.1 Å². The normalized spacial score (nSPS) is 12.0. The van der Waals surface area contributed by atoms with E-state index in [0.717, 1.165) is 58.2 Å². The van der Waals surface area contributed by atoms with Crippen LogP contribution in [-0.2, 0) is 29.0 Å². The average Bonchev–Trinajstić information content (AvgIpc) is 2.91. The summed E-state index contributed by atoms with van der Waals surface area (Å²) in [4.78, 5) is 39.1. The van der Waals surface area contributed by atoms with E-state index in [1.165, 1.54) is 11.8 Å². The molecule has 1 heterocycles. The number of esters is 1. The van der Waals surface area contributed by atoms with E-state index in [4.69, 9.17) is 4.74 Å². The number of thioether (sulfide) groups is 1. The van der Waals surface area contributed by atoms with E-state index >= 15 is 0 Å². The highest BCUT2D eigenvalue weighted by Crippen LogP contribution is 2.34. The SMILES string of the molecule is CCCCCCCn1c(=O)c(NCCCCc2cccc(SC(C)(C)C(=O)OCC)c2)nn(CCCC(F)(F)F)c1=O. The number of alkyl halides is 3. The number of anilines is 1. The summed E-state index contributed by atoms with van der Waals surface area (Å²) >= 11 is 1.45. The topological polar surface area (TPSA) is 95.2 Å². The molecule has 1 aromatic heterocycles. The van der Waals surface area contributed by atoms with E-state index in [9.17, 15) is 27.6 Å². The summed E-state index contributed by atoms with van der Waals surface area (Å²) in [6.45, 7) is 8.29. The van der Waals surface area contributed by atoms with Crippen LogP contribution in [0, 0.1) is 0 Å². The average molecular weight is 615 g/mol. The molecule has 0 aliphatic heterocycles. The van der Waals surface area contributed by atoms with E-state index in [1.807, 2.05) is 32.0 Å². The van der Waals surface area contributed by atoms with Crippen LogP contribution >= 0.6 is 11.8 Å². The maximum atomic E-state index is 13.0. The van der Waals surface area contributed by atoms with Crippen LogP contribution in [-0.4, -0.2) is 44.4 Å². The highest BCUT2D eigenvalue weighted by molar-refractivity contribution is 8.01. The maximum Gasteiger partial charge on any atom is 0.389 e. The predicted molar refractivity (Wildman–Crippen MR) is 161 cm³/mol. The van der Waals surface area contributed by atoms with Gasteiger partial charge in [0.1, 0.15) is 4.75 Å². The van der Waals surface area contributed by atoms with Gasteiger partial charge in [-0.3, -0.25) is 14.2 Å². The third kappa shape index (κ3) is 12.2. The molecule has 1 aromatic carbocycles. The van der Waals surface area contributed by atoms with Crippen molar-refractivity contribution in [3.63, 3.8) is 0 Å². The summed E-state index contributed by atoms with van der Waals surface area (Å²) in [6, 6.07) is 7.98. The van der Waals surface area contributed by atoms with Crippen molar-refractivity contribution >= 4 is 23.5 Å². The van der Waals surface area contributed by atoms with Crippen LogP contribution in [0.5, 0.6) is 0 Å². The minimum absolute atomic E-state index is 0.0187. The molecule has 2 rings (SSSR count). The van der Waals surface area contributed by atoms with Crippen molar-refractivity contribution in [1.82, 2.24) is 14.3 Å². The fourth-order valence-electron chi connectivity index (χ4n) is 4.38. The molecule has 0 aliphatic carbocycles. The molecular formula is C30H45F3N4O4S. The number of carbonyl (C=O) groups excluding carboxylic acids is 1. The summed E-state index contributed by atoms with van der Waals surface area (Å²) in [5.74, 6) is -0.280. The molecule has 0 atom stereocenters. The minimum Gasteiger partial charge on any atom is -0.465 e. The van der Waals surface area contributed by atoms with Crippen molar-refractivity contribution in [1.29, 1.82) is 0 Å². The first kappa shape index (κ1) is 35.4. The second kappa shape index (κ2) is 17.4. The van der Waals surface area contributed by atoms with Crippen LogP contribution < -0.4 is 16.6 Å². The molecule has 236 valence electrons. The number of nitrogens with one attached hydrogen (secondary N) is 1. The van der Waals surface area contributed by atoms with Crippen molar-refractivity contribution in [2.24, 2.45) is 0 Å². The van der Waals surface area contributed by atoms with Crippen LogP contribution in [0.3, 0.4) is 0 Å². The first-order valence-corrected chi connectivity index (χ1v) is 15.7. The van der Waals surface area contributed by atoms with E-state index < -0.39 is 28.6 Å². The maximum absolute atomic E-state index is 13.0. The van der Waals surface area contributed by atoms with Gasteiger partial charge in [-0.1, -0.05) is 44.7 Å². The summed E-state index contributed by atoms with van der Waals surface area (Å²) in [6.07, 6.45) is 1.26. The molecule has 0 aliphatic rings. The molecule has 12 heteroatoms. The van der Waals surface area contributed by atoms with Gasteiger partial charge in [-0.05, 0) is 70.6 Å². The summed E-state index contributed by atoms with van der Waals surface area (Å²) in [5.41, 5.74) is -0.106. The summed E-state index contributed by atoms with van der Waals surface area (Å²) < 4.78 is 44.5. The van der Waals surface area contributed by atoms with E-state index in [2.05, 4.69) is 23.4 Å². The predicted octanol–water partition coefficient (Wildman–Crippen LogP) is 6.59. The molecule has 0 amide bonds. The molecule has 0 radical (unpaired) electrons. The van der Waals surface area contributed by atoms with Gasteiger partial charge in [0.2, 0.25) is 5.82 Å². The van der Waals surface area contributed by atoms with Crippen LogP contribution in [0.4, 0.5) is 19.0 Å². The third-order valence-corrected chi connectivity index (χ3v) is 7.83. The largest absolute Gasteiger partial charge is 0.465 e. The Hall–Kier alpha value is -2.76. The second-order valence-electron chi connectivity index (χ2n) is 10.8. The first-order chi connectivity index (χ1) is 19.9.